The number of aromatic nitrogens is 6. The van der Waals surface area contributed by atoms with E-state index in [2.05, 4.69) is 361 Å². The van der Waals surface area contributed by atoms with Gasteiger partial charge in [-0.15, -0.1) is 0 Å². The summed E-state index contributed by atoms with van der Waals surface area (Å²) < 4.78 is 14.0. The SMILES string of the molecule is C=N/C(=C\C(=N/Cn1c2cccc(c2)n(-c2ccccc2)c2cccc(c2)n(-c2ccccc2)c2cccc(c2)n(-c2ccccc2)c2cccc(c2)n(-c2ccccc2)c2cccc(c2)n(-c2ccccc2)c2cccc1c2)c1ccccc1)c1ccccc1. The summed E-state index contributed by atoms with van der Waals surface area (Å²) in [6.45, 7) is 4.28. The molecule has 91 heavy (non-hydrogen) atoms. The predicted molar refractivity (Wildman–Crippen MR) is 382 cm³/mol. The van der Waals surface area contributed by atoms with Crippen molar-refractivity contribution < 1.29 is 0 Å². The summed E-state index contributed by atoms with van der Waals surface area (Å²) in [4.78, 5) is 10.2. The molecule has 1 heterocycles. The lowest BCUT2D eigenvalue weighted by atomic mass is 10.1. The number of allylic oxidation sites excluding steroid dienone is 1. The molecular weight excluding hydrogens is 1110 g/mol. The maximum atomic E-state index is 5.59. The van der Waals surface area contributed by atoms with E-state index in [1.165, 1.54) is 0 Å². The third-order valence-electron chi connectivity index (χ3n) is 16.2. The summed E-state index contributed by atoms with van der Waals surface area (Å²) in [7, 11) is 0. The molecule has 0 unspecified atom stereocenters. The van der Waals surface area contributed by atoms with E-state index < -0.39 is 0 Å². The molecule has 0 saturated heterocycles. The minimum Gasteiger partial charge on any atom is -0.321 e. The van der Waals surface area contributed by atoms with Crippen LogP contribution >= 0.6 is 0 Å². The zero-order chi connectivity index (χ0) is 61.1. The molecule has 0 aliphatic rings. The molecule has 0 fully saturated rings. The van der Waals surface area contributed by atoms with Gasteiger partial charge in [0.1, 0.15) is 6.67 Å². The number of fused-ring (bicyclic) bond motifs is 12. The van der Waals surface area contributed by atoms with Crippen LogP contribution < -0.4 is 0 Å². The first-order valence-electron chi connectivity index (χ1n) is 30.6. The second kappa shape index (κ2) is 26.4. The van der Waals surface area contributed by atoms with Gasteiger partial charge in [-0.3, -0.25) is 9.98 Å². The van der Waals surface area contributed by atoms with Crippen LogP contribution in [0.25, 0.3) is 100 Å². The van der Waals surface area contributed by atoms with Gasteiger partial charge in [0, 0.05) is 100 Å². The minimum absolute atomic E-state index is 0.242. The Morgan fingerprint density at radius 1 is 0.253 bits per heavy atom. The first-order valence-corrected chi connectivity index (χ1v) is 30.6. The van der Waals surface area contributed by atoms with E-state index in [4.69, 9.17) is 4.99 Å². The Balaban J connectivity index is 1.17. The van der Waals surface area contributed by atoms with Gasteiger partial charge >= 0.3 is 0 Å². The van der Waals surface area contributed by atoms with Crippen molar-refractivity contribution in [1.29, 1.82) is 0 Å². The molecule has 8 heteroatoms. The van der Waals surface area contributed by atoms with Gasteiger partial charge < -0.3 is 27.4 Å². The van der Waals surface area contributed by atoms with Crippen LogP contribution in [-0.4, -0.2) is 39.8 Å². The van der Waals surface area contributed by atoms with Gasteiger partial charge in [0.2, 0.25) is 0 Å². The standard InChI is InChI=1S/C83H64N8/c1-84-82(63-29-9-2-10-30-63)61-83(64-31-11-3-12-32-64)85-62-86-70-43-23-45-72(55-70)87(65-33-13-4-14-34-65)74-47-25-49-76(57-74)89(67-37-17-6-18-38-67)78-51-27-53-80(59-78)91(69-41-21-8-22-42-69)81-54-28-52-79(60-81)90(68-39-19-7-20-40-68)77-50-26-48-75(58-77)88(66-35-15-5-16-36-66)73-46-24-44-71(86)56-73/h2-61H,1,62H2/b82-61-,85-83+. The van der Waals surface area contributed by atoms with Crippen molar-refractivity contribution in [3.05, 3.63) is 375 Å². The van der Waals surface area contributed by atoms with E-state index >= 15 is 0 Å². The summed E-state index contributed by atoms with van der Waals surface area (Å²) in [5.74, 6) is 0. The summed E-state index contributed by atoms with van der Waals surface area (Å²) in [5, 5.41) is 0. The number of benzene rings is 13. The fourth-order valence-electron chi connectivity index (χ4n) is 12.1. The molecule has 8 nitrogen and oxygen atoms in total. The number of rotatable bonds is 11. The van der Waals surface area contributed by atoms with E-state index in [9.17, 15) is 0 Å². The monoisotopic (exact) mass is 1170 g/mol. The van der Waals surface area contributed by atoms with Crippen molar-refractivity contribution in [3.63, 3.8) is 0 Å². The Bertz CT molecular complexity index is 5050. The van der Waals surface area contributed by atoms with Crippen molar-refractivity contribution in [2.75, 3.05) is 0 Å². The number of hydrogen-bond acceptors (Lipinski definition) is 2. The Hall–Kier alpha value is -12.3. The number of para-hydroxylation sites is 5. The van der Waals surface area contributed by atoms with Gasteiger partial charge in [0.25, 0.3) is 0 Å². The predicted octanol–water partition coefficient (Wildman–Crippen LogP) is 20.6. The lowest BCUT2D eigenvalue weighted by molar-refractivity contribution is 0.786. The van der Waals surface area contributed by atoms with E-state index in [1.807, 2.05) is 42.5 Å². The highest BCUT2D eigenvalue weighted by atomic mass is 15.1. The van der Waals surface area contributed by atoms with Crippen LogP contribution in [0.3, 0.4) is 0 Å². The largest absolute Gasteiger partial charge is 0.321 e. The molecule has 1 aromatic heterocycles. The minimum atomic E-state index is 0.242. The van der Waals surface area contributed by atoms with Gasteiger partial charge in [-0.05, 0) is 188 Å². The Labute approximate surface area is 529 Å². The Morgan fingerprint density at radius 2 is 0.473 bits per heavy atom. The van der Waals surface area contributed by atoms with E-state index in [1.54, 1.807) is 0 Å². The van der Waals surface area contributed by atoms with Crippen LogP contribution in [0.15, 0.2) is 374 Å². The average Bonchev–Trinajstić information content (AvgIpc) is 1.32. The molecule has 0 spiro atoms. The van der Waals surface area contributed by atoms with Gasteiger partial charge in [-0.2, -0.15) is 0 Å². The number of hydrogen-bond donors (Lipinski definition) is 0. The maximum absolute atomic E-state index is 5.59. The van der Waals surface area contributed by atoms with Crippen LogP contribution in [0.5, 0.6) is 0 Å². The lowest BCUT2D eigenvalue weighted by Gasteiger charge is -2.17. The van der Waals surface area contributed by atoms with Crippen molar-refractivity contribution in [2.24, 2.45) is 9.98 Å². The average molecular weight is 1170 g/mol. The summed E-state index contributed by atoms with van der Waals surface area (Å²) in [6.07, 6.45) is 2.04. The van der Waals surface area contributed by atoms with E-state index in [0.29, 0.717) is 0 Å². The van der Waals surface area contributed by atoms with E-state index in [0.717, 1.165) is 117 Å². The van der Waals surface area contributed by atoms with Gasteiger partial charge in [-0.25, -0.2) is 0 Å². The van der Waals surface area contributed by atoms with Crippen LogP contribution in [0, 0.1) is 0 Å². The molecule has 12 bridgehead atoms. The molecule has 14 aromatic rings. The quantitative estimate of drug-likeness (QED) is 0.116. The van der Waals surface area contributed by atoms with Gasteiger partial charge in [0.05, 0.1) is 11.4 Å². The first-order chi connectivity index (χ1) is 45.1. The molecule has 0 radical (unpaired) electrons. The van der Waals surface area contributed by atoms with Gasteiger partial charge in [-0.1, -0.05) is 188 Å². The molecule has 0 aliphatic carbocycles. The third kappa shape index (κ3) is 12.3. The third-order valence-corrected chi connectivity index (χ3v) is 16.2. The zero-order valence-corrected chi connectivity index (χ0v) is 50.1. The summed E-state index contributed by atoms with van der Waals surface area (Å²) in [5.41, 5.74) is 20.2. The van der Waals surface area contributed by atoms with Crippen molar-refractivity contribution in [1.82, 2.24) is 27.4 Å². The maximum Gasteiger partial charge on any atom is 0.115 e. The Kier molecular flexibility index (Phi) is 16.4. The van der Waals surface area contributed by atoms with Crippen LogP contribution in [0.2, 0.25) is 0 Å². The van der Waals surface area contributed by atoms with E-state index in [-0.39, 0.29) is 6.67 Å². The number of aliphatic imine (C=N–C) groups is 2. The second-order valence-corrected chi connectivity index (χ2v) is 22.0. The fourth-order valence-corrected chi connectivity index (χ4v) is 12.1. The van der Waals surface area contributed by atoms with Crippen molar-refractivity contribution in [3.8, 4) is 28.4 Å². The molecule has 0 amide bonds. The van der Waals surface area contributed by atoms with Crippen molar-refractivity contribution in [2.45, 2.75) is 6.67 Å². The smallest absolute Gasteiger partial charge is 0.115 e. The normalized spacial score (nSPS) is 11.5. The lowest BCUT2D eigenvalue weighted by Crippen LogP contribution is -2.05. The zero-order valence-electron chi connectivity index (χ0n) is 50.1. The van der Waals surface area contributed by atoms with Crippen LogP contribution in [-0.2, 0) is 6.67 Å². The topological polar surface area (TPSA) is 54.3 Å². The molecule has 436 valence electrons. The van der Waals surface area contributed by atoms with Crippen LogP contribution in [0.4, 0.5) is 0 Å². The molecular formula is C83H64N8. The molecule has 0 aliphatic heterocycles. The first kappa shape index (κ1) is 56.5. The van der Waals surface area contributed by atoms with Crippen molar-refractivity contribution >= 4 is 84.3 Å². The fraction of sp³-hybridized carbons (Fsp3) is 0.0120. The summed E-state index contributed by atoms with van der Waals surface area (Å²) in [6, 6.07) is 127. The van der Waals surface area contributed by atoms with Gasteiger partial charge in [0.15, 0.2) is 0 Å². The highest BCUT2D eigenvalue weighted by Crippen LogP contribution is 2.29. The number of nitrogens with zero attached hydrogens (tertiary/aromatic N) is 8. The Morgan fingerprint density at radius 3 is 0.725 bits per heavy atom. The molecule has 0 N–H and O–H groups in total. The molecule has 0 atom stereocenters. The molecule has 0 saturated carbocycles. The van der Waals surface area contributed by atoms with Crippen LogP contribution in [0.1, 0.15) is 11.1 Å². The molecule has 14 rings (SSSR count). The highest BCUT2D eigenvalue weighted by molar-refractivity contribution is 6.12. The molecule has 13 aromatic carbocycles. The second-order valence-electron chi connectivity index (χ2n) is 22.0. The highest BCUT2D eigenvalue weighted by Gasteiger charge is 2.12. The summed E-state index contributed by atoms with van der Waals surface area (Å²) >= 11 is 0.